The Balaban J connectivity index is 0.000000234. The van der Waals surface area contributed by atoms with Gasteiger partial charge in [0.2, 0.25) is 27.6 Å². The van der Waals surface area contributed by atoms with Gasteiger partial charge in [-0.1, -0.05) is 47.6 Å². The Morgan fingerprint density at radius 3 is 1.94 bits per heavy atom. The molecule has 0 bridgehead atoms. The lowest BCUT2D eigenvalue weighted by atomic mass is 10.1. The molecule has 1 fully saturated rings. The molecular weight excluding hydrogens is 716 g/mol. The van der Waals surface area contributed by atoms with Crippen molar-refractivity contribution in [2.45, 2.75) is 23.3 Å². The first-order chi connectivity index (χ1) is 24.3. The predicted octanol–water partition coefficient (Wildman–Crippen LogP) is 6.02. The lowest BCUT2D eigenvalue weighted by Crippen LogP contribution is -2.51. The fourth-order valence-electron chi connectivity index (χ4n) is 5.63. The molecule has 7 rings (SSSR count). The van der Waals surface area contributed by atoms with Crippen molar-refractivity contribution >= 4 is 57.2 Å². The number of fused-ring (bicyclic) bond motifs is 2. The van der Waals surface area contributed by atoms with Crippen LogP contribution in [0.15, 0.2) is 111 Å². The zero-order valence-electron chi connectivity index (χ0n) is 27.8. The van der Waals surface area contributed by atoms with Crippen LogP contribution in [0.1, 0.15) is 11.5 Å². The molecule has 0 unspecified atom stereocenters. The zero-order valence-corrected chi connectivity index (χ0v) is 30.2. The number of carbonyl (C=O) groups excluding carboxylic acids is 1. The first-order valence-corrected chi connectivity index (χ1v) is 19.4. The van der Waals surface area contributed by atoms with Gasteiger partial charge >= 0.3 is 0 Å². The largest absolute Gasteiger partial charge is 0.497 e. The summed E-state index contributed by atoms with van der Waals surface area (Å²) in [5, 5.41) is 7.31. The third-order valence-electron chi connectivity index (χ3n) is 8.33. The molecule has 2 heterocycles. The highest BCUT2D eigenvalue weighted by atomic mass is 35.7. The molecule has 0 spiro atoms. The summed E-state index contributed by atoms with van der Waals surface area (Å²) in [6, 6.07) is 28.2. The van der Waals surface area contributed by atoms with Gasteiger partial charge in [-0.15, -0.1) is 0 Å². The van der Waals surface area contributed by atoms with Crippen LogP contribution >= 0.6 is 10.7 Å². The van der Waals surface area contributed by atoms with E-state index < -0.39 is 19.1 Å². The molecule has 1 amide bonds. The molecule has 1 aliphatic heterocycles. The minimum absolute atomic E-state index is 0.0925. The minimum Gasteiger partial charge on any atom is -0.497 e. The summed E-state index contributed by atoms with van der Waals surface area (Å²) in [6.45, 7) is 2.40. The van der Waals surface area contributed by atoms with E-state index >= 15 is 0 Å². The van der Waals surface area contributed by atoms with E-state index in [1.165, 1.54) is 16.4 Å². The molecular formula is C36H33ClN4O8S2. The Hall–Kier alpha value is -5.02. The number of piperazine rings is 1. The summed E-state index contributed by atoms with van der Waals surface area (Å²) in [5.41, 5.74) is 1.69. The van der Waals surface area contributed by atoms with Crippen molar-refractivity contribution in [1.82, 2.24) is 19.3 Å². The quantitative estimate of drug-likeness (QED) is 0.169. The van der Waals surface area contributed by atoms with Gasteiger partial charge in [-0.2, -0.15) is 9.29 Å². The molecule has 51 heavy (non-hydrogen) atoms. The zero-order chi connectivity index (χ0) is 36.3. The van der Waals surface area contributed by atoms with Crippen molar-refractivity contribution in [1.29, 1.82) is 0 Å². The third-order valence-corrected chi connectivity index (χ3v) is 11.5. The van der Waals surface area contributed by atoms with Crippen LogP contribution in [0, 0.1) is 6.92 Å². The molecule has 0 radical (unpaired) electrons. The molecule has 0 atom stereocenters. The van der Waals surface area contributed by atoms with E-state index in [4.69, 9.17) is 24.7 Å². The number of rotatable bonds is 8. The number of hydrogen-bond acceptors (Lipinski definition) is 10. The molecule has 0 aliphatic carbocycles. The van der Waals surface area contributed by atoms with Crippen LogP contribution in [0.4, 0.5) is 0 Å². The summed E-state index contributed by atoms with van der Waals surface area (Å²) in [6.07, 6.45) is 0. The Morgan fingerprint density at radius 2 is 1.37 bits per heavy atom. The number of halogens is 1. The molecule has 15 heteroatoms. The van der Waals surface area contributed by atoms with Crippen molar-refractivity contribution < 1.29 is 35.6 Å². The highest BCUT2D eigenvalue weighted by Gasteiger charge is 2.33. The van der Waals surface area contributed by atoms with Gasteiger partial charge in [0.15, 0.2) is 0 Å². The molecule has 12 nitrogen and oxygen atoms in total. The number of sulfonamides is 1. The number of amides is 1. The molecule has 5 aromatic carbocycles. The maximum atomic E-state index is 13.3. The fraction of sp³-hybridized carbons (Fsp3) is 0.194. The highest BCUT2D eigenvalue weighted by molar-refractivity contribution is 8.13. The second-order valence-electron chi connectivity index (χ2n) is 11.7. The van der Waals surface area contributed by atoms with E-state index in [-0.39, 0.29) is 28.8 Å². The lowest BCUT2D eigenvalue weighted by molar-refractivity contribution is -0.134. The van der Waals surface area contributed by atoms with Gasteiger partial charge in [0.1, 0.15) is 11.5 Å². The first-order valence-electron chi connectivity index (χ1n) is 15.6. The average Bonchev–Trinajstić information content (AvgIpc) is 3.57. The van der Waals surface area contributed by atoms with Crippen LogP contribution in [-0.2, 0) is 30.4 Å². The van der Waals surface area contributed by atoms with E-state index in [9.17, 15) is 21.6 Å². The number of carbonyl (C=O) groups is 1. The smallest absolute Gasteiger partial charge is 0.261 e. The number of methoxy groups -OCH3 is 2. The van der Waals surface area contributed by atoms with Crippen LogP contribution in [0.2, 0.25) is 0 Å². The Kier molecular flexibility index (Phi) is 10.3. The lowest BCUT2D eigenvalue weighted by Gasteiger charge is -2.33. The number of ether oxygens (including phenoxy) is 2. The van der Waals surface area contributed by atoms with E-state index in [1.54, 1.807) is 62.4 Å². The highest BCUT2D eigenvalue weighted by Crippen LogP contribution is 2.28. The number of hydrogen-bond donors (Lipinski definition) is 0. The standard InChI is InChI=1S/C25H24N4O5S.C11H9ClO3S/c1-17-26-25(27-34-17)20-5-3-4-18(12-20)15-28-10-11-29(16-24(28)30)35(31,32)23-9-7-19-6-8-22(33-2)13-21(19)14-23;1-15-10-4-2-8-3-5-11(16(12,13)14)7-9(8)6-10/h3-9,12-14H,10-11,15-16H2,1-2H3;2-7H,1H3. The van der Waals surface area contributed by atoms with Gasteiger partial charge < -0.3 is 18.9 Å². The van der Waals surface area contributed by atoms with Gasteiger partial charge in [-0.05, 0) is 81.7 Å². The topological polar surface area (TPSA) is 149 Å². The van der Waals surface area contributed by atoms with Crippen molar-refractivity contribution in [2.24, 2.45) is 0 Å². The monoisotopic (exact) mass is 748 g/mol. The first kappa shape index (κ1) is 35.8. The van der Waals surface area contributed by atoms with E-state index in [0.717, 1.165) is 32.7 Å². The third kappa shape index (κ3) is 8.15. The van der Waals surface area contributed by atoms with E-state index in [1.807, 2.05) is 48.5 Å². The van der Waals surface area contributed by atoms with Gasteiger partial charge in [-0.3, -0.25) is 4.79 Å². The van der Waals surface area contributed by atoms with Crippen molar-refractivity contribution in [3.05, 3.63) is 109 Å². The maximum absolute atomic E-state index is 13.3. The number of nitrogens with zero attached hydrogens (tertiary/aromatic N) is 4. The minimum atomic E-state index is -3.82. The van der Waals surface area contributed by atoms with Crippen LogP contribution in [0.25, 0.3) is 32.9 Å². The van der Waals surface area contributed by atoms with Crippen molar-refractivity contribution in [2.75, 3.05) is 33.9 Å². The SMILES string of the molecule is COc1ccc2ccc(S(=O)(=O)Cl)cc2c1.COc1ccc2ccc(S(=O)(=O)N3CCN(Cc4cccc(-c5noc(C)n5)c4)C(=O)C3)cc2c1. The molecule has 1 aliphatic rings. The predicted molar refractivity (Wildman–Crippen MR) is 193 cm³/mol. The van der Waals surface area contributed by atoms with Crippen LogP contribution in [0.3, 0.4) is 0 Å². The average molecular weight is 749 g/mol. The molecule has 264 valence electrons. The normalized spacial score (nSPS) is 14.0. The summed E-state index contributed by atoms with van der Waals surface area (Å²) in [5.74, 6) is 2.04. The summed E-state index contributed by atoms with van der Waals surface area (Å²) in [4.78, 5) is 19.1. The number of benzene rings is 5. The van der Waals surface area contributed by atoms with Crippen LogP contribution in [0.5, 0.6) is 11.5 Å². The van der Waals surface area contributed by atoms with Crippen molar-refractivity contribution in [3.63, 3.8) is 0 Å². The van der Waals surface area contributed by atoms with Gasteiger partial charge in [0, 0.05) is 42.8 Å². The van der Waals surface area contributed by atoms with Gasteiger partial charge in [0.05, 0.1) is 30.6 Å². The summed E-state index contributed by atoms with van der Waals surface area (Å²) < 4.78 is 65.5. The molecule has 6 aromatic rings. The van der Waals surface area contributed by atoms with E-state index in [2.05, 4.69) is 10.1 Å². The van der Waals surface area contributed by atoms with E-state index in [0.29, 0.717) is 36.3 Å². The summed E-state index contributed by atoms with van der Waals surface area (Å²) in [7, 11) is 0.890. The number of aryl methyl sites for hydroxylation is 1. The molecule has 1 saturated heterocycles. The second kappa shape index (κ2) is 14.7. The van der Waals surface area contributed by atoms with Crippen molar-refractivity contribution in [3.8, 4) is 22.9 Å². The molecule has 1 aromatic heterocycles. The van der Waals surface area contributed by atoms with Gasteiger partial charge in [-0.25, -0.2) is 16.8 Å². The Morgan fingerprint density at radius 1 is 0.765 bits per heavy atom. The second-order valence-corrected chi connectivity index (χ2v) is 16.2. The van der Waals surface area contributed by atoms with Crippen LogP contribution < -0.4 is 9.47 Å². The fourth-order valence-corrected chi connectivity index (χ4v) is 7.83. The molecule has 0 saturated carbocycles. The van der Waals surface area contributed by atoms with Crippen LogP contribution in [-0.4, -0.2) is 75.9 Å². The summed E-state index contributed by atoms with van der Waals surface area (Å²) >= 11 is 0. The Bertz CT molecular complexity index is 2470. The van der Waals surface area contributed by atoms with Gasteiger partial charge in [0.25, 0.3) is 9.05 Å². The maximum Gasteiger partial charge on any atom is 0.261 e. The Labute approximate surface area is 299 Å². The molecule has 0 N–H and O–H groups in total. The number of aromatic nitrogens is 2.